The summed E-state index contributed by atoms with van der Waals surface area (Å²) in [5.41, 5.74) is 1.35. The molecule has 1 aromatic heterocycles. The Morgan fingerprint density at radius 2 is 1.93 bits per heavy atom. The van der Waals surface area contributed by atoms with Gasteiger partial charge in [-0.25, -0.2) is 13.4 Å². The Morgan fingerprint density at radius 1 is 1.24 bits per heavy atom. The number of benzene rings is 2. The lowest BCUT2D eigenvalue weighted by Gasteiger charge is -2.21. The molecule has 0 aliphatic carbocycles. The minimum atomic E-state index is -3.55. The van der Waals surface area contributed by atoms with Gasteiger partial charge >= 0.3 is 0 Å². The van der Waals surface area contributed by atoms with Crippen molar-refractivity contribution >= 4 is 66.5 Å². The normalized spacial score (nSPS) is 12.1. The van der Waals surface area contributed by atoms with E-state index in [1.54, 1.807) is 25.2 Å². The van der Waals surface area contributed by atoms with Crippen molar-refractivity contribution in [2.45, 2.75) is 29.1 Å². The molecule has 6 nitrogen and oxygen atoms in total. The van der Waals surface area contributed by atoms with Crippen molar-refractivity contribution in [3.63, 3.8) is 0 Å². The number of nitrogens with zero attached hydrogens (tertiary/aromatic N) is 2. The molecule has 0 fully saturated rings. The summed E-state index contributed by atoms with van der Waals surface area (Å²) in [6.07, 6.45) is 0. The summed E-state index contributed by atoms with van der Waals surface area (Å²) >= 11 is 8.82. The van der Waals surface area contributed by atoms with Gasteiger partial charge in [-0.15, -0.1) is 11.3 Å². The minimum Gasteiger partial charge on any atom is -0.325 e. The Labute approximate surface area is 183 Å². The highest BCUT2D eigenvalue weighted by atomic mass is 35.5. The van der Waals surface area contributed by atoms with Crippen molar-refractivity contribution in [3.8, 4) is 0 Å². The summed E-state index contributed by atoms with van der Waals surface area (Å²) in [4.78, 5) is 16.9. The number of rotatable bonds is 7. The van der Waals surface area contributed by atoms with Gasteiger partial charge in [0.05, 0.1) is 20.9 Å². The number of thiazole rings is 1. The minimum absolute atomic E-state index is 0.144. The molecule has 1 N–H and O–H groups in total. The van der Waals surface area contributed by atoms with Gasteiger partial charge in [-0.2, -0.15) is 4.31 Å². The van der Waals surface area contributed by atoms with Crippen molar-refractivity contribution in [1.29, 1.82) is 0 Å². The number of carbonyl (C=O) groups excluding carboxylic acids is 1. The van der Waals surface area contributed by atoms with Crippen LogP contribution in [0, 0.1) is 0 Å². The number of fused-ring (bicyclic) bond motifs is 1. The first-order chi connectivity index (χ1) is 13.7. The standard InChI is InChI=1S/C19H20ClN3O3S3/c1-12(2)23(3)29(25,26)15-7-5-14(6-8-15)21-18(24)11-27-19-22-16-10-13(20)4-9-17(16)28-19/h4-10,12H,11H2,1-3H3,(H,21,24). The second kappa shape index (κ2) is 9.01. The molecule has 0 spiro atoms. The van der Waals surface area contributed by atoms with Crippen LogP contribution in [0.15, 0.2) is 51.7 Å². The van der Waals surface area contributed by atoms with E-state index in [0.29, 0.717) is 10.7 Å². The van der Waals surface area contributed by atoms with Gasteiger partial charge in [0.25, 0.3) is 0 Å². The first-order valence-electron chi connectivity index (χ1n) is 8.73. The maximum Gasteiger partial charge on any atom is 0.243 e. The topological polar surface area (TPSA) is 79.4 Å². The van der Waals surface area contributed by atoms with Crippen LogP contribution in [0.2, 0.25) is 5.02 Å². The van der Waals surface area contributed by atoms with E-state index in [0.717, 1.165) is 14.6 Å². The van der Waals surface area contributed by atoms with Gasteiger partial charge in [-0.1, -0.05) is 23.4 Å². The Bertz CT molecular complexity index is 1130. The molecular formula is C19H20ClN3O3S3. The molecule has 10 heteroatoms. The number of thioether (sulfide) groups is 1. The van der Waals surface area contributed by atoms with Gasteiger partial charge in [-0.3, -0.25) is 4.79 Å². The average molecular weight is 470 g/mol. The molecule has 1 heterocycles. The number of halogens is 1. The molecule has 0 saturated heterocycles. The number of sulfonamides is 1. The molecule has 0 aliphatic rings. The monoisotopic (exact) mass is 469 g/mol. The lowest BCUT2D eigenvalue weighted by molar-refractivity contribution is -0.113. The molecule has 3 aromatic rings. The molecule has 2 aromatic carbocycles. The Hall–Kier alpha value is -1.65. The van der Waals surface area contributed by atoms with E-state index in [1.807, 2.05) is 26.0 Å². The zero-order valence-electron chi connectivity index (χ0n) is 16.0. The lowest BCUT2D eigenvalue weighted by atomic mass is 10.3. The highest BCUT2D eigenvalue weighted by molar-refractivity contribution is 8.01. The second-order valence-corrected chi connectivity index (χ2v) is 11.3. The van der Waals surface area contributed by atoms with Crippen molar-refractivity contribution in [2.24, 2.45) is 0 Å². The van der Waals surface area contributed by atoms with Crippen LogP contribution in [-0.4, -0.2) is 42.5 Å². The van der Waals surface area contributed by atoms with Crippen LogP contribution in [0.5, 0.6) is 0 Å². The van der Waals surface area contributed by atoms with Crippen LogP contribution in [0.3, 0.4) is 0 Å². The third-order valence-corrected chi connectivity index (χ3v) is 8.66. The first-order valence-corrected chi connectivity index (χ1v) is 12.4. The fourth-order valence-electron chi connectivity index (χ4n) is 2.42. The molecule has 154 valence electrons. The Morgan fingerprint density at radius 3 is 2.59 bits per heavy atom. The molecule has 0 radical (unpaired) electrons. The van der Waals surface area contributed by atoms with E-state index in [4.69, 9.17) is 11.6 Å². The van der Waals surface area contributed by atoms with Gasteiger partial charge in [0.15, 0.2) is 4.34 Å². The van der Waals surface area contributed by atoms with Crippen LogP contribution in [0.1, 0.15) is 13.8 Å². The Kier molecular flexibility index (Phi) is 6.85. The maximum atomic E-state index is 12.5. The molecule has 3 rings (SSSR count). The van der Waals surface area contributed by atoms with Crippen LogP contribution < -0.4 is 5.32 Å². The average Bonchev–Trinajstić information content (AvgIpc) is 3.08. The molecule has 1 amide bonds. The molecule has 0 saturated carbocycles. The van der Waals surface area contributed by atoms with E-state index in [9.17, 15) is 13.2 Å². The van der Waals surface area contributed by atoms with Crippen LogP contribution in [0.4, 0.5) is 5.69 Å². The third-order valence-electron chi connectivity index (χ3n) is 4.20. The quantitative estimate of drug-likeness (QED) is 0.507. The fraction of sp³-hybridized carbons (Fsp3) is 0.263. The van der Waals surface area contributed by atoms with Gasteiger partial charge in [0, 0.05) is 23.8 Å². The van der Waals surface area contributed by atoms with Crippen LogP contribution in [0.25, 0.3) is 10.2 Å². The molecule has 0 aliphatic heterocycles. The van der Waals surface area contributed by atoms with E-state index >= 15 is 0 Å². The predicted octanol–water partition coefficient (Wildman–Crippen LogP) is 4.71. The van der Waals surface area contributed by atoms with E-state index in [-0.39, 0.29) is 22.6 Å². The van der Waals surface area contributed by atoms with Crippen molar-refractivity contribution in [1.82, 2.24) is 9.29 Å². The fourth-order valence-corrected chi connectivity index (χ4v) is 5.80. The van der Waals surface area contributed by atoms with Crippen molar-refractivity contribution in [3.05, 3.63) is 47.5 Å². The highest BCUT2D eigenvalue weighted by Crippen LogP contribution is 2.31. The molecular weight excluding hydrogens is 450 g/mol. The summed E-state index contributed by atoms with van der Waals surface area (Å²) in [5, 5.41) is 3.40. The molecule has 0 bridgehead atoms. The maximum absolute atomic E-state index is 12.5. The number of aromatic nitrogens is 1. The third kappa shape index (κ3) is 5.29. The largest absolute Gasteiger partial charge is 0.325 e. The summed E-state index contributed by atoms with van der Waals surface area (Å²) in [7, 11) is -2.00. The Balaban J connectivity index is 1.60. The summed E-state index contributed by atoms with van der Waals surface area (Å²) in [6.45, 7) is 3.62. The van der Waals surface area contributed by atoms with Gasteiger partial charge < -0.3 is 5.32 Å². The molecule has 0 atom stereocenters. The number of carbonyl (C=O) groups is 1. The summed E-state index contributed by atoms with van der Waals surface area (Å²) in [6, 6.07) is 11.5. The van der Waals surface area contributed by atoms with E-state index < -0.39 is 10.0 Å². The number of hydrogen-bond donors (Lipinski definition) is 1. The second-order valence-electron chi connectivity index (χ2n) is 6.57. The van der Waals surface area contributed by atoms with Gasteiger partial charge in [0.2, 0.25) is 15.9 Å². The zero-order chi connectivity index (χ0) is 21.2. The number of nitrogens with one attached hydrogen (secondary N) is 1. The highest BCUT2D eigenvalue weighted by Gasteiger charge is 2.22. The molecule has 0 unspecified atom stereocenters. The predicted molar refractivity (Wildman–Crippen MR) is 121 cm³/mol. The van der Waals surface area contributed by atoms with Crippen LogP contribution >= 0.6 is 34.7 Å². The summed E-state index contributed by atoms with van der Waals surface area (Å²) < 4.78 is 28.1. The van der Waals surface area contributed by atoms with Gasteiger partial charge in [-0.05, 0) is 56.3 Å². The van der Waals surface area contributed by atoms with E-state index in [1.165, 1.54) is 39.5 Å². The lowest BCUT2D eigenvalue weighted by Crippen LogP contribution is -2.33. The van der Waals surface area contributed by atoms with Crippen LogP contribution in [-0.2, 0) is 14.8 Å². The van der Waals surface area contributed by atoms with Crippen molar-refractivity contribution in [2.75, 3.05) is 18.1 Å². The first kappa shape index (κ1) is 22.0. The number of amides is 1. The summed E-state index contributed by atoms with van der Waals surface area (Å²) in [5.74, 6) is 0.00569. The molecule has 29 heavy (non-hydrogen) atoms. The van der Waals surface area contributed by atoms with E-state index in [2.05, 4.69) is 10.3 Å². The smallest absolute Gasteiger partial charge is 0.243 e. The number of anilines is 1. The number of hydrogen-bond acceptors (Lipinski definition) is 6. The SMILES string of the molecule is CC(C)N(C)S(=O)(=O)c1ccc(NC(=O)CSc2nc3cc(Cl)ccc3s2)cc1. The zero-order valence-corrected chi connectivity index (χ0v) is 19.3. The van der Waals surface area contributed by atoms with Gasteiger partial charge in [0.1, 0.15) is 0 Å². The van der Waals surface area contributed by atoms with Crippen molar-refractivity contribution < 1.29 is 13.2 Å².